The van der Waals surface area contributed by atoms with Crippen molar-refractivity contribution in [2.45, 2.75) is 71.4 Å². The van der Waals surface area contributed by atoms with Gasteiger partial charge in [0.25, 0.3) is 5.91 Å². The van der Waals surface area contributed by atoms with Gasteiger partial charge in [-0.15, -0.1) is 0 Å². The van der Waals surface area contributed by atoms with Crippen LogP contribution in [0.15, 0.2) is 30.3 Å². The fraction of sp³-hybridized carbons (Fsp3) is 0.519. The molecule has 0 radical (unpaired) electrons. The van der Waals surface area contributed by atoms with Gasteiger partial charge in [-0.05, 0) is 75.6 Å². The van der Waals surface area contributed by atoms with E-state index in [-0.39, 0.29) is 18.2 Å². The summed E-state index contributed by atoms with van der Waals surface area (Å²) in [5.41, 5.74) is 2.78. The van der Waals surface area contributed by atoms with Gasteiger partial charge in [0, 0.05) is 23.5 Å². The summed E-state index contributed by atoms with van der Waals surface area (Å²) < 4.78 is 7.34. The third-order valence-electron chi connectivity index (χ3n) is 7.74. The molecule has 7 nitrogen and oxygen atoms in total. The zero-order valence-electron chi connectivity index (χ0n) is 20.6. The van der Waals surface area contributed by atoms with Crippen LogP contribution in [0.5, 0.6) is 5.75 Å². The highest BCUT2D eigenvalue weighted by molar-refractivity contribution is 6.11. The number of amides is 3. The van der Waals surface area contributed by atoms with Gasteiger partial charge in [0.05, 0.1) is 13.7 Å². The van der Waals surface area contributed by atoms with Crippen LogP contribution >= 0.6 is 0 Å². The lowest BCUT2D eigenvalue weighted by Gasteiger charge is -2.34. The lowest BCUT2D eigenvalue weighted by molar-refractivity contribution is -0.132. The van der Waals surface area contributed by atoms with Gasteiger partial charge in [-0.25, -0.2) is 4.79 Å². The van der Waals surface area contributed by atoms with Gasteiger partial charge in [-0.3, -0.25) is 14.5 Å². The van der Waals surface area contributed by atoms with Crippen molar-refractivity contribution in [3.63, 3.8) is 0 Å². The zero-order chi connectivity index (χ0) is 24.5. The number of carbonyl (C=O) groups excluding carboxylic acids is 3. The molecule has 0 bridgehead atoms. The van der Waals surface area contributed by atoms with Gasteiger partial charge in [0.2, 0.25) is 0 Å². The molecule has 2 aromatic rings. The fourth-order valence-corrected chi connectivity index (χ4v) is 5.43. The van der Waals surface area contributed by atoms with Crippen molar-refractivity contribution in [3.05, 3.63) is 52.8 Å². The molecule has 1 spiro atoms. The summed E-state index contributed by atoms with van der Waals surface area (Å²) in [4.78, 5) is 40.2. The number of hydrogen-bond acceptors (Lipinski definition) is 4. The first-order valence-electron chi connectivity index (χ1n) is 12.2. The molecular weight excluding hydrogens is 430 g/mol. The summed E-state index contributed by atoms with van der Waals surface area (Å²) in [7, 11) is 1.65. The number of imide groups is 1. The molecule has 3 amide bonds. The predicted molar refractivity (Wildman–Crippen MR) is 130 cm³/mol. The molecule has 1 aromatic carbocycles. The summed E-state index contributed by atoms with van der Waals surface area (Å²) in [5, 5.41) is 2.92. The second-order valence-corrected chi connectivity index (χ2v) is 9.71. The normalized spacial score (nSPS) is 22.4. The maximum atomic E-state index is 13.2. The Morgan fingerprint density at radius 2 is 1.82 bits per heavy atom. The van der Waals surface area contributed by atoms with Crippen LogP contribution < -0.4 is 10.1 Å². The average Bonchev–Trinajstić information content (AvgIpc) is 3.25. The largest absolute Gasteiger partial charge is 0.497 e. The van der Waals surface area contributed by atoms with E-state index in [1.54, 1.807) is 7.11 Å². The third kappa shape index (κ3) is 4.48. The Kier molecular flexibility index (Phi) is 6.82. The van der Waals surface area contributed by atoms with Crippen molar-refractivity contribution in [3.8, 4) is 5.75 Å². The summed E-state index contributed by atoms with van der Waals surface area (Å²) in [6.07, 6.45) is 5.08. The first-order chi connectivity index (χ1) is 16.3. The van der Waals surface area contributed by atoms with Crippen LogP contribution in [0.1, 0.15) is 66.3 Å². The molecule has 34 heavy (non-hydrogen) atoms. The summed E-state index contributed by atoms with van der Waals surface area (Å²) in [6.45, 7) is 6.59. The van der Waals surface area contributed by atoms with Gasteiger partial charge in [0.15, 0.2) is 5.78 Å². The first kappa shape index (κ1) is 24.0. The fourth-order valence-electron chi connectivity index (χ4n) is 5.43. The van der Waals surface area contributed by atoms with Crippen LogP contribution in [-0.2, 0) is 17.8 Å². The van der Waals surface area contributed by atoms with E-state index in [0.29, 0.717) is 24.3 Å². The lowest BCUT2D eigenvalue weighted by Crippen LogP contribution is -2.49. The van der Waals surface area contributed by atoms with Crippen molar-refractivity contribution in [1.82, 2.24) is 14.8 Å². The van der Waals surface area contributed by atoms with Gasteiger partial charge in [-0.2, -0.15) is 0 Å². The van der Waals surface area contributed by atoms with Crippen LogP contribution in [0, 0.1) is 19.8 Å². The molecule has 1 saturated carbocycles. The Bertz CT molecular complexity index is 1080. The van der Waals surface area contributed by atoms with E-state index in [9.17, 15) is 14.4 Å². The number of carbonyl (C=O) groups is 3. The smallest absolute Gasteiger partial charge is 0.325 e. The molecule has 1 saturated heterocycles. The second-order valence-electron chi connectivity index (χ2n) is 9.71. The van der Waals surface area contributed by atoms with Crippen LogP contribution in [0.2, 0.25) is 0 Å². The number of aromatic nitrogens is 1. The number of ketones is 1. The molecule has 182 valence electrons. The van der Waals surface area contributed by atoms with E-state index in [1.807, 2.05) is 44.2 Å². The quantitative estimate of drug-likeness (QED) is 0.462. The van der Waals surface area contributed by atoms with E-state index in [4.69, 9.17) is 4.74 Å². The van der Waals surface area contributed by atoms with Crippen LogP contribution in [0.3, 0.4) is 0 Å². The standard InChI is InChI=1S/C27H35N3O4/c1-5-20-10-13-27(14-11-20)25(32)30(26(33)28-27)17-24(31)23-16-18(2)29(19(23)3)15-12-21-6-8-22(34-4)9-7-21/h6-9,16,20H,5,10-15,17H2,1-4H3,(H,28,33). The number of nitrogens with one attached hydrogen (secondary N) is 1. The van der Waals surface area contributed by atoms with E-state index in [0.717, 1.165) is 54.3 Å². The molecule has 4 rings (SSSR count). The number of hydrogen-bond donors (Lipinski definition) is 1. The maximum absolute atomic E-state index is 13.2. The lowest BCUT2D eigenvalue weighted by atomic mass is 9.75. The number of ether oxygens (including phenoxy) is 1. The van der Waals surface area contributed by atoms with Crippen LogP contribution in [0.4, 0.5) is 4.79 Å². The van der Waals surface area contributed by atoms with Crippen molar-refractivity contribution in [1.29, 1.82) is 0 Å². The minimum Gasteiger partial charge on any atom is -0.497 e. The van der Waals surface area contributed by atoms with E-state index in [1.165, 1.54) is 5.56 Å². The molecule has 7 heteroatoms. The molecule has 1 aliphatic heterocycles. The summed E-state index contributed by atoms with van der Waals surface area (Å²) >= 11 is 0. The third-order valence-corrected chi connectivity index (χ3v) is 7.74. The molecule has 2 aliphatic rings. The molecule has 1 aliphatic carbocycles. The SMILES string of the molecule is CCC1CCC2(CC1)NC(=O)N(CC(=O)c1cc(C)n(CCc3ccc(OC)cc3)c1C)C2=O. The number of rotatable bonds is 8. The van der Waals surface area contributed by atoms with Crippen molar-refractivity contribution >= 4 is 17.7 Å². The number of urea groups is 1. The van der Waals surface area contributed by atoms with Crippen molar-refractivity contribution < 1.29 is 19.1 Å². The molecular formula is C27H35N3O4. The number of aryl methyl sites for hydroxylation is 2. The van der Waals surface area contributed by atoms with Gasteiger partial charge in [-0.1, -0.05) is 25.5 Å². The number of nitrogens with zero attached hydrogens (tertiary/aromatic N) is 2. The van der Waals surface area contributed by atoms with Crippen LogP contribution in [-0.4, -0.2) is 46.4 Å². The number of methoxy groups -OCH3 is 1. The van der Waals surface area contributed by atoms with Gasteiger partial charge < -0.3 is 14.6 Å². The maximum Gasteiger partial charge on any atom is 0.325 e. The number of Topliss-reactive ketones (excluding diaryl/α,β-unsaturated/α-hetero) is 1. The predicted octanol–water partition coefficient (Wildman–Crippen LogP) is 4.43. The van der Waals surface area contributed by atoms with E-state index >= 15 is 0 Å². The Morgan fingerprint density at radius 1 is 1.15 bits per heavy atom. The zero-order valence-corrected chi connectivity index (χ0v) is 20.6. The van der Waals surface area contributed by atoms with Crippen molar-refractivity contribution in [2.24, 2.45) is 5.92 Å². The number of benzene rings is 1. The Hall–Kier alpha value is -3.09. The minimum absolute atomic E-state index is 0.202. The highest BCUT2D eigenvalue weighted by Gasteiger charge is 2.52. The van der Waals surface area contributed by atoms with Gasteiger partial charge >= 0.3 is 6.03 Å². The Balaban J connectivity index is 1.43. The molecule has 0 unspecified atom stereocenters. The van der Waals surface area contributed by atoms with Crippen LogP contribution in [0.25, 0.3) is 0 Å². The van der Waals surface area contributed by atoms with E-state index < -0.39 is 11.6 Å². The Morgan fingerprint density at radius 3 is 2.44 bits per heavy atom. The molecule has 1 N–H and O–H groups in total. The average molecular weight is 466 g/mol. The molecule has 0 atom stereocenters. The van der Waals surface area contributed by atoms with Crippen molar-refractivity contribution in [2.75, 3.05) is 13.7 Å². The Labute approximate surface area is 201 Å². The van der Waals surface area contributed by atoms with Gasteiger partial charge in [0.1, 0.15) is 11.3 Å². The van der Waals surface area contributed by atoms with E-state index in [2.05, 4.69) is 16.8 Å². The first-order valence-corrected chi connectivity index (χ1v) is 12.2. The monoisotopic (exact) mass is 465 g/mol. The topological polar surface area (TPSA) is 80.6 Å². The molecule has 2 fully saturated rings. The minimum atomic E-state index is -0.821. The molecule has 2 heterocycles. The second kappa shape index (κ2) is 9.65. The molecule has 1 aromatic heterocycles. The highest BCUT2D eigenvalue weighted by Crippen LogP contribution is 2.37. The summed E-state index contributed by atoms with van der Waals surface area (Å²) in [6, 6.07) is 9.40. The highest BCUT2D eigenvalue weighted by atomic mass is 16.5. The summed E-state index contributed by atoms with van der Waals surface area (Å²) in [5.74, 6) is 0.986.